The van der Waals surface area contributed by atoms with Crippen LogP contribution in [-0.2, 0) is 24.1 Å². The van der Waals surface area contributed by atoms with E-state index in [-0.39, 0.29) is 11.8 Å². The third kappa shape index (κ3) is 3.10. The quantitative estimate of drug-likeness (QED) is 0.891. The van der Waals surface area contributed by atoms with Crippen LogP contribution >= 0.6 is 0 Å². The van der Waals surface area contributed by atoms with Crippen molar-refractivity contribution >= 4 is 23.2 Å². The summed E-state index contributed by atoms with van der Waals surface area (Å²) in [4.78, 5) is 26.6. The van der Waals surface area contributed by atoms with Gasteiger partial charge >= 0.3 is 0 Å². The van der Waals surface area contributed by atoms with Crippen LogP contribution in [0.5, 0.6) is 0 Å². The molecule has 0 aromatic heterocycles. The number of carbonyl (C=O) groups is 2. The number of benzene rings is 2. The molecule has 4 rings (SSSR count). The highest BCUT2D eigenvalue weighted by Gasteiger charge is 2.29. The Labute approximate surface area is 153 Å². The number of amides is 2. The van der Waals surface area contributed by atoms with Gasteiger partial charge in [-0.1, -0.05) is 12.1 Å². The van der Waals surface area contributed by atoms with Gasteiger partial charge in [0.2, 0.25) is 5.91 Å². The maximum atomic E-state index is 12.6. The summed E-state index contributed by atoms with van der Waals surface area (Å²) in [6.45, 7) is 1.41. The molecule has 0 saturated heterocycles. The highest BCUT2D eigenvalue weighted by Crippen LogP contribution is 2.37. The summed E-state index contributed by atoms with van der Waals surface area (Å²) < 4.78 is 0. The second-order valence-electron chi connectivity index (χ2n) is 6.98. The van der Waals surface area contributed by atoms with E-state index in [9.17, 15) is 9.59 Å². The topological polar surface area (TPSA) is 75.4 Å². The molecule has 0 saturated carbocycles. The molecule has 134 valence electrons. The van der Waals surface area contributed by atoms with Crippen molar-refractivity contribution in [2.45, 2.75) is 32.1 Å². The van der Waals surface area contributed by atoms with Crippen molar-refractivity contribution in [2.24, 2.45) is 5.73 Å². The Balaban J connectivity index is 1.57. The normalized spacial score (nSPS) is 15.6. The zero-order valence-electron chi connectivity index (χ0n) is 14.8. The molecule has 0 fully saturated rings. The molecule has 3 N–H and O–H groups in total. The van der Waals surface area contributed by atoms with E-state index in [4.69, 9.17) is 5.73 Å². The summed E-state index contributed by atoms with van der Waals surface area (Å²) in [6, 6.07) is 11.6. The molecule has 0 unspecified atom stereocenters. The van der Waals surface area contributed by atoms with Crippen molar-refractivity contribution in [3.63, 3.8) is 0 Å². The van der Waals surface area contributed by atoms with Crippen LogP contribution in [0.1, 0.15) is 39.9 Å². The lowest BCUT2D eigenvalue weighted by atomic mass is 9.91. The molecule has 2 heterocycles. The van der Waals surface area contributed by atoms with Crippen LogP contribution in [-0.4, -0.2) is 24.9 Å². The Morgan fingerprint density at radius 1 is 1.08 bits per heavy atom. The van der Waals surface area contributed by atoms with E-state index in [0.717, 1.165) is 60.3 Å². The van der Waals surface area contributed by atoms with E-state index < -0.39 is 0 Å². The molecule has 2 aromatic rings. The van der Waals surface area contributed by atoms with Gasteiger partial charge in [0.25, 0.3) is 5.91 Å². The summed E-state index contributed by atoms with van der Waals surface area (Å²) in [7, 11) is 0. The molecule has 2 aliphatic rings. The van der Waals surface area contributed by atoms with Gasteiger partial charge in [-0.2, -0.15) is 0 Å². The molecule has 26 heavy (non-hydrogen) atoms. The predicted molar refractivity (Wildman–Crippen MR) is 103 cm³/mol. The molecule has 0 spiro atoms. The number of aryl methyl sites for hydroxylation is 2. The first kappa shape index (κ1) is 16.8. The van der Waals surface area contributed by atoms with Gasteiger partial charge in [0.15, 0.2) is 0 Å². The van der Waals surface area contributed by atoms with Crippen LogP contribution in [0.25, 0.3) is 0 Å². The number of hydrogen-bond donors (Lipinski definition) is 2. The predicted octanol–water partition coefficient (Wildman–Crippen LogP) is 2.67. The summed E-state index contributed by atoms with van der Waals surface area (Å²) in [5, 5.41) is 3.02. The number of rotatable bonds is 4. The maximum absolute atomic E-state index is 12.6. The van der Waals surface area contributed by atoms with Crippen LogP contribution in [0.2, 0.25) is 0 Å². The van der Waals surface area contributed by atoms with Crippen LogP contribution in [0, 0.1) is 0 Å². The maximum Gasteiger partial charge on any atom is 0.255 e. The molecule has 0 aliphatic carbocycles. The highest BCUT2D eigenvalue weighted by molar-refractivity contribution is 6.05. The van der Waals surface area contributed by atoms with E-state index in [1.54, 1.807) is 0 Å². The Morgan fingerprint density at radius 2 is 1.81 bits per heavy atom. The van der Waals surface area contributed by atoms with Gasteiger partial charge < -0.3 is 16.0 Å². The third-order valence-electron chi connectivity index (χ3n) is 5.18. The zero-order valence-corrected chi connectivity index (χ0v) is 14.8. The van der Waals surface area contributed by atoms with E-state index >= 15 is 0 Å². The Morgan fingerprint density at radius 3 is 2.54 bits per heavy atom. The van der Waals surface area contributed by atoms with Crippen LogP contribution < -0.4 is 16.0 Å². The molecule has 0 atom stereocenters. The number of nitrogens with one attached hydrogen (secondary N) is 1. The first-order valence-corrected chi connectivity index (χ1v) is 9.22. The smallest absolute Gasteiger partial charge is 0.255 e. The van der Waals surface area contributed by atoms with Gasteiger partial charge in [-0.05, 0) is 73.2 Å². The van der Waals surface area contributed by atoms with Crippen molar-refractivity contribution in [3.05, 3.63) is 58.7 Å². The van der Waals surface area contributed by atoms with E-state index in [1.165, 1.54) is 0 Å². The SMILES string of the molecule is NCCc1ccc(C(=O)Nc2cc3c4c(c2)CCC(=O)N4CCC3)cc1. The van der Waals surface area contributed by atoms with Gasteiger partial charge in [-0.25, -0.2) is 0 Å². The minimum Gasteiger partial charge on any atom is -0.330 e. The van der Waals surface area contributed by atoms with Gasteiger partial charge in [-0.15, -0.1) is 0 Å². The van der Waals surface area contributed by atoms with Gasteiger partial charge in [0.1, 0.15) is 0 Å². The average Bonchev–Trinajstić information content (AvgIpc) is 2.65. The fourth-order valence-electron chi connectivity index (χ4n) is 3.92. The molecular formula is C21H23N3O2. The zero-order chi connectivity index (χ0) is 18.1. The monoisotopic (exact) mass is 349 g/mol. The first-order chi connectivity index (χ1) is 12.7. The van der Waals surface area contributed by atoms with Gasteiger partial charge in [-0.3, -0.25) is 9.59 Å². The van der Waals surface area contributed by atoms with Gasteiger partial charge in [0, 0.05) is 24.2 Å². The minimum atomic E-state index is -0.115. The Kier molecular flexibility index (Phi) is 4.47. The van der Waals surface area contributed by atoms with Gasteiger partial charge in [0.05, 0.1) is 5.69 Å². The standard InChI is InChI=1S/C21H23N3O2/c22-10-9-14-3-5-15(6-4-14)21(26)23-18-12-16-2-1-11-24-19(25)8-7-17(13-18)20(16)24/h3-6,12-13H,1-2,7-11,22H2,(H,23,26). The number of hydrogen-bond acceptors (Lipinski definition) is 3. The third-order valence-corrected chi connectivity index (χ3v) is 5.18. The molecule has 5 heteroatoms. The molecule has 2 aliphatic heterocycles. The summed E-state index contributed by atoms with van der Waals surface area (Å²) in [5.74, 6) is 0.101. The summed E-state index contributed by atoms with van der Waals surface area (Å²) in [6.07, 6.45) is 4.02. The molecule has 2 amide bonds. The molecule has 0 radical (unpaired) electrons. The lowest BCUT2D eigenvalue weighted by Gasteiger charge is -2.35. The molecular weight excluding hydrogens is 326 g/mol. The van der Waals surface area contributed by atoms with E-state index in [2.05, 4.69) is 5.32 Å². The number of nitrogens with two attached hydrogens (primary N) is 1. The fourth-order valence-corrected chi connectivity index (χ4v) is 3.92. The minimum absolute atomic E-state index is 0.115. The van der Waals surface area contributed by atoms with Crippen molar-refractivity contribution < 1.29 is 9.59 Å². The van der Waals surface area contributed by atoms with E-state index in [1.807, 2.05) is 41.3 Å². The second kappa shape index (κ2) is 6.92. The summed E-state index contributed by atoms with van der Waals surface area (Å²) >= 11 is 0. The van der Waals surface area contributed by atoms with Crippen LogP contribution in [0.4, 0.5) is 11.4 Å². The number of anilines is 2. The van der Waals surface area contributed by atoms with Crippen molar-refractivity contribution in [3.8, 4) is 0 Å². The molecule has 0 bridgehead atoms. The Hall–Kier alpha value is -2.66. The lowest BCUT2D eigenvalue weighted by molar-refractivity contribution is -0.119. The van der Waals surface area contributed by atoms with Crippen molar-refractivity contribution in [2.75, 3.05) is 23.3 Å². The van der Waals surface area contributed by atoms with Crippen LogP contribution in [0.3, 0.4) is 0 Å². The summed E-state index contributed by atoms with van der Waals surface area (Å²) in [5.41, 5.74) is 11.5. The lowest BCUT2D eigenvalue weighted by Crippen LogP contribution is -2.39. The molecule has 2 aromatic carbocycles. The second-order valence-corrected chi connectivity index (χ2v) is 6.98. The first-order valence-electron chi connectivity index (χ1n) is 9.22. The van der Waals surface area contributed by atoms with E-state index in [0.29, 0.717) is 18.5 Å². The number of nitrogens with zero attached hydrogens (tertiary/aromatic N) is 1. The number of carbonyl (C=O) groups excluding carboxylic acids is 2. The van der Waals surface area contributed by atoms with Crippen molar-refractivity contribution in [1.29, 1.82) is 0 Å². The fraction of sp³-hybridized carbons (Fsp3) is 0.333. The Bertz CT molecular complexity index is 841. The van der Waals surface area contributed by atoms with Crippen molar-refractivity contribution in [1.82, 2.24) is 0 Å². The average molecular weight is 349 g/mol. The van der Waals surface area contributed by atoms with Crippen LogP contribution in [0.15, 0.2) is 36.4 Å². The highest BCUT2D eigenvalue weighted by atomic mass is 16.2. The largest absolute Gasteiger partial charge is 0.330 e. The molecule has 5 nitrogen and oxygen atoms in total.